The fourth-order valence-electron chi connectivity index (χ4n) is 1.67. The molecule has 7 heteroatoms. The molecule has 90 valence electrons. The molecule has 1 N–H and O–H groups in total. The lowest BCUT2D eigenvalue weighted by Gasteiger charge is -2.01. The van der Waals surface area contributed by atoms with E-state index in [-0.39, 0.29) is 5.69 Å². The van der Waals surface area contributed by atoms with Crippen LogP contribution in [-0.2, 0) is 0 Å². The number of aromatic carboxylic acids is 1. The number of halogens is 1. The number of aromatic nitrogens is 3. The van der Waals surface area contributed by atoms with Gasteiger partial charge in [-0.05, 0) is 18.2 Å². The van der Waals surface area contributed by atoms with E-state index in [1.807, 2.05) is 24.3 Å². The summed E-state index contributed by atoms with van der Waals surface area (Å²) >= 11 is 4.65. The van der Waals surface area contributed by atoms with Crippen LogP contribution in [0.25, 0.3) is 16.0 Å². The Hall–Kier alpha value is -1.73. The van der Waals surface area contributed by atoms with Crippen molar-refractivity contribution in [2.75, 3.05) is 0 Å². The van der Waals surface area contributed by atoms with Gasteiger partial charge in [0.25, 0.3) is 0 Å². The summed E-state index contributed by atoms with van der Waals surface area (Å²) in [5.41, 5.74) is 2.99. The van der Waals surface area contributed by atoms with Crippen molar-refractivity contribution in [1.29, 1.82) is 0 Å². The predicted molar refractivity (Wildman–Crippen MR) is 71.4 cm³/mol. The summed E-state index contributed by atoms with van der Waals surface area (Å²) in [5.74, 6) is -1.04. The van der Waals surface area contributed by atoms with Crippen molar-refractivity contribution < 1.29 is 9.90 Å². The maximum absolute atomic E-state index is 11.1. The first-order chi connectivity index (χ1) is 8.66. The minimum Gasteiger partial charge on any atom is -0.476 e. The SMILES string of the molecule is O=C(O)c1nn(-c2cccc(Br)c2)c2ncsc12. The third-order valence-corrected chi connectivity index (χ3v) is 3.74. The van der Waals surface area contributed by atoms with Crippen LogP contribution in [0.4, 0.5) is 0 Å². The number of benzene rings is 1. The Balaban J connectivity index is 2.29. The molecule has 18 heavy (non-hydrogen) atoms. The Morgan fingerprint density at radius 2 is 2.28 bits per heavy atom. The fourth-order valence-corrected chi connectivity index (χ4v) is 2.80. The molecule has 0 saturated carbocycles. The first kappa shape index (κ1) is 11.4. The van der Waals surface area contributed by atoms with Gasteiger partial charge in [0.05, 0.1) is 11.2 Å². The van der Waals surface area contributed by atoms with E-state index in [0.29, 0.717) is 10.3 Å². The molecule has 0 unspecified atom stereocenters. The van der Waals surface area contributed by atoms with Gasteiger partial charge >= 0.3 is 5.97 Å². The second kappa shape index (κ2) is 4.18. The lowest BCUT2D eigenvalue weighted by molar-refractivity contribution is 0.0692. The van der Waals surface area contributed by atoms with Crippen LogP contribution in [0.5, 0.6) is 0 Å². The van der Waals surface area contributed by atoms with Crippen molar-refractivity contribution in [1.82, 2.24) is 14.8 Å². The van der Waals surface area contributed by atoms with E-state index < -0.39 is 5.97 Å². The van der Waals surface area contributed by atoms with Crippen LogP contribution in [0.15, 0.2) is 34.2 Å². The molecule has 0 fully saturated rings. The number of carboxylic acids is 1. The zero-order valence-electron chi connectivity index (χ0n) is 8.87. The van der Waals surface area contributed by atoms with E-state index in [2.05, 4.69) is 26.0 Å². The van der Waals surface area contributed by atoms with Gasteiger partial charge in [-0.3, -0.25) is 0 Å². The standard InChI is InChI=1S/C11H6BrN3O2S/c12-6-2-1-3-7(4-6)15-10-9(18-5-13-10)8(14-15)11(16)17/h1-5H,(H,16,17). The summed E-state index contributed by atoms with van der Waals surface area (Å²) in [5, 5.41) is 13.2. The van der Waals surface area contributed by atoms with Gasteiger partial charge in [0.2, 0.25) is 0 Å². The molecule has 0 radical (unpaired) electrons. The van der Waals surface area contributed by atoms with Gasteiger partial charge in [-0.2, -0.15) is 5.10 Å². The summed E-state index contributed by atoms with van der Waals surface area (Å²) < 4.78 is 3.03. The van der Waals surface area contributed by atoms with Gasteiger partial charge in [-0.25, -0.2) is 14.5 Å². The molecule has 3 aromatic rings. The molecule has 0 spiro atoms. The van der Waals surface area contributed by atoms with Gasteiger partial charge < -0.3 is 5.11 Å². The lowest BCUT2D eigenvalue weighted by atomic mass is 10.3. The van der Waals surface area contributed by atoms with Crippen LogP contribution in [0.2, 0.25) is 0 Å². The van der Waals surface area contributed by atoms with Gasteiger partial charge in [0, 0.05) is 4.47 Å². The second-order valence-electron chi connectivity index (χ2n) is 3.55. The Bertz CT molecular complexity index is 750. The van der Waals surface area contributed by atoms with Crippen LogP contribution >= 0.6 is 27.3 Å². The molecule has 0 saturated heterocycles. The van der Waals surface area contributed by atoms with Crippen molar-refractivity contribution in [2.24, 2.45) is 0 Å². The molecule has 2 heterocycles. The predicted octanol–water partition coefficient (Wildman–Crippen LogP) is 2.94. The molecule has 1 aromatic carbocycles. The number of hydrogen-bond donors (Lipinski definition) is 1. The Morgan fingerprint density at radius 3 is 3.00 bits per heavy atom. The summed E-state index contributed by atoms with van der Waals surface area (Å²) in [6.07, 6.45) is 0. The van der Waals surface area contributed by atoms with E-state index in [0.717, 1.165) is 10.2 Å². The first-order valence-corrected chi connectivity index (χ1v) is 6.65. The second-order valence-corrected chi connectivity index (χ2v) is 5.32. The third-order valence-electron chi connectivity index (χ3n) is 2.42. The van der Waals surface area contributed by atoms with Crippen molar-refractivity contribution >= 4 is 43.6 Å². The molecule has 0 bridgehead atoms. The Labute approximate surface area is 114 Å². The molecule has 0 aliphatic carbocycles. The van der Waals surface area contributed by atoms with Gasteiger partial charge in [0.1, 0.15) is 4.70 Å². The van der Waals surface area contributed by atoms with E-state index in [4.69, 9.17) is 5.11 Å². The summed E-state index contributed by atoms with van der Waals surface area (Å²) in [6.45, 7) is 0. The van der Waals surface area contributed by atoms with Crippen LogP contribution in [-0.4, -0.2) is 25.8 Å². The normalized spacial score (nSPS) is 10.9. The highest BCUT2D eigenvalue weighted by Crippen LogP contribution is 2.25. The molecule has 0 amide bonds. The molecule has 3 rings (SSSR count). The van der Waals surface area contributed by atoms with E-state index in [9.17, 15) is 4.79 Å². The quantitative estimate of drug-likeness (QED) is 0.787. The molecular formula is C11H6BrN3O2S. The highest BCUT2D eigenvalue weighted by Gasteiger charge is 2.19. The summed E-state index contributed by atoms with van der Waals surface area (Å²) in [4.78, 5) is 15.3. The largest absolute Gasteiger partial charge is 0.476 e. The summed E-state index contributed by atoms with van der Waals surface area (Å²) in [6, 6.07) is 7.46. The van der Waals surface area contributed by atoms with Gasteiger partial charge in [0.15, 0.2) is 11.3 Å². The van der Waals surface area contributed by atoms with Crippen LogP contribution in [0.1, 0.15) is 10.5 Å². The number of carbonyl (C=O) groups is 1. The number of hydrogen-bond acceptors (Lipinski definition) is 4. The third kappa shape index (κ3) is 1.72. The van der Waals surface area contributed by atoms with Crippen molar-refractivity contribution in [3.8, 4) is 5.69 Å². The average molecular weight is 324 g/mol. The van der Waals surface area contributed by atoms with Crippen molar-refractivity contribution in [3.05, 3.63) is 39.9 Å². The lowest BCUT2D eigenvalue weighted by Crippen LogP contribution is -2.01. The van der Waals surface area contributed by atoms with E-state index >= 15 is 0 Å². The molecule has 0 aliphatic heterocycles. The number of nitrogens with zero attached hydrogens (tertiary/aromatic N) is 3. The van der Waals surface area contributed by atoms with E-state index in [1.165, 1.54) is 11.3 Å². The van der Waals surface area contributed by atoms with Crippen molar-refractivity contribution in [2.45, 2.75) is 0 Å². The number of fused-ring (bicyclic) bond motifs is 1. The maximum atomic E-state index is 11.1. The first-order valence-electron chi connectivity index (χ1n) is 4.98. The van der Waals surface area contributed by atoms with Crippen LogP contribution < -0.4 is 0 Å². The zero-order valence-corrected chi connectivity index (χ0v) is 11.3. The Morgan fingerprint density at radius 1 is 1.44 bits per heavy atom. The molecular weight excluding hydrogens is 318 g/mol. The van der Waals surface area contributed by atoms with Gasteiger partial charge in [-0.15, -0.1) is 11.3 Å². The number of carboxylic acid groups (broad SMARTS) is 1. The topological polar surface area (TPSA) is 68.0 Å². The average Bonchev–Trinajstić information content (AvgIpc) is 2.88. The van der Waals surface area contributed by atoms with E-state index in [1.54, 1.807) is 10.2 Å². The minimum absolute atomic E-state index is 0.0347. The van der Waals surface area contributed by atoms with Gasteiger partial charge in [-0.1, -0.05) is 22.0 Å². The van der Waals surface area contributed by atoms with Crippen molar-refractivity contribution in [3.63, 3.8) is 0 Å². The van der Waals surface area contributed by atoms with Crippen LogP contribution in [0, 0.1) is 0 Å². The maximum Gasteiger partial charge on any atom is 0.358 e. The zero-order chi connectivity index (χ0) is 12.7. The molecule has 2 aromatic heterocycles. The smallest absolute Gasteiger partial charge is 0.358 e. The fraction of sp³-hybridized carbons (Fsp3) is 0. The molecule has 5 nitrogen and oxygen atoms in total. The number of rotatable bonds is 2. The minimum atomic E-state index is -1.04. The monoisotopic (exact) mass is 323 g/mol. The highest BCUT2D eigenvalue weighted by atomic mass is 79.9. The summed E-state index contributed by atoms with van der Waals surface area (Å²) in [7, 11) is 0. The molecule has 0 atom stereocenters. The Kier molecular flexibility index (Phi) is 2.64. The number of thiazole rings is 1. The van der Waals surface area contributed by atoms with Crippen LogP contribution in [0.3, 0.4) is 0 Å². The molecule has 0 aliphatic rings. The highest BCUT2D eigenvalue weighted by molar-refractivity contribution is 9.10.